The van der Waals surface area contributed by atoms with Crippen LogP contribution in [-0.2, 0) is 0 Å². The minimum absolute atomic E-state index is 0.170. The molecular formula is C11H7BrN2O. The van der Waals surface area contributed by atoms with Crippen LogP contribution in [0.2, 0.25) is 0 Å². The largest absolute Gasteiger partial charge is 0.285 e. The van der Waals surface area contributed by atoms with Gasteiger partial charge in [-0.2, -0.15) is 0 Å². The average molecular weight is 263 g/mol. The number of halogens is 1. The highest BCUT2D eigenvalue weighted by Crippen LogP contribution is 2.11. The number of hydrogen-bond acceptors (Lipinski definition) is 3. The second kappa shape index (κ2) is 4.31. The van der Waals surface area contributed by atoms with Gasteiger partial charge >= 0.3 is 0 Å². The molecule has 2 aromatic heterocycles. The number of ketones is 1. The molecule has 2 aromatic rings. The van der Waals surface area contributed by atoms with Crippen molar-refractivity contribution in [1.29, 1.82) is 0 Å². The minimum Gasteiger partial charge on any atom is -0.285 e. The number of hydrogen-bond donors (Lipinski definition) is 0. The normalized spacial score (nSPS) is 9.93. The van der Waals surface area contributed by atoms with Gasteiger partial charge in [0.05, 0.1) is 0 Å². The molecule has 0 spiro atoms. The number of pyridine rings is 2. The third-order valence-electron chi connectivity index (χ3n) is 1.85. The summed E-state index contributed by atoms with van der Waals surface area (Å²) in [4.78, 5) is 19.8. The van der Waals surface area contributed by atoms with Crippen molar-refractivity contribution in [3.05, 3.63) is 58.6 Å². The molecule has 0 amide bonds. The second-order valence-corrected chi connectivity index (χ2v) is 3.82. The summed E-state index contributed by atoms with van der Waals surface area (Å²) >= 11 is 3.29. The van der Waals surface area contributed by atoms with Gasteiger partial charge in [0.1, 0.15) is 11.4 Å². The van der Waals surface area contributed by atoms with E-state index in [4.69, 9.17) is 0 Å². The van der Waals surface area contributed by atoms with E-state index in [0.29, 0.717) is 11.4 Å². The number of nitrogens with zero attached hydrogens (tertiary/aromatic N) is 2. The van der Waals surface area contributed by atoms with Gasteiger partial charge in [-0.1, -0.05) is 22.0 Å². The van der Waals surface area contributed by atoms with Crippen molar-refractivity contribution in [3.8, 4) is 0 Å². The lowest BCUT2D eigenvalue weighted by molar-refractivity contribution is 0.102. The van der Waals surface area contributed by atoms with E-state index in [1.807, 2.05) is 0 Å². The first kappa shape index (κ1) is 9.98. The fraction of sp³-hybridized carbons (Fsp3) is 0. The van der Waals surface area contributed by atoms with Gasteiger partial charge in [0.2, 0.25) is 5.78 Å². The molecule has 0 atom stereocenters. The van der Waals surface area contributed by atoms with Crippen LogP contribution in [0.25, 0.3) is 0 Å². The molecule has 2 heterocycles. The quantitative estimate of drug-likeness (QED) is 0.781. The SMILES string of the molecule is O=C(c1ccccn1)c1cc(Br)ccn1. The van der Waals surface area contributed by atoms with Crippen LogP contribution in [0.4, 0.5) is 0 Å². The summed E-state index contributed by atoms with van der Waals surface area (Å²) in [6, 6.07) is 8.67. The van der Waals surface area contributed by atoms with Gasteiger partial charge < -0.3 is 0 Å². The molecular weight excluding hydrogens is 256 g/mol. The zero-order valence-corrected chi connectivity index (χ0v) is 9.31. The van der Waals surface area contributed by atoms with E-state index in [-0.39, 0.29) is 5.78 Å². The van der Waals surface area contributed by atoms with Crippen molar-refractivity contribution in [2.24, 2.45) is 0 Å². The molecule has 0 aliphatic carbocycles. The molecule has 0 aliphatic rings. The highest BCUT2D eigenvalue weighted by atomic mass is 79.9. The summed E-state index contributed by atoms with van der Waals surface area (Å²) in [5, 5.41) is 0. The lowest BCUT2D eigenvalue weighted by Crippen LogP contribution is -2.05. The Balaban J connectivity index is 2.37. The van der Waals surface area contributed by atoms with Crippen molar-refractivity contribution in [1.82, 2.24) is 9.97 Å². The Bertz CT molecular complexity index is 485. The molecule has 15 heavy (non-hydrogen) atoms. The second-order valence-electron chi connectivity index (χ2n) is 2.90. The first-order valence-electron chi connectivity index (χ1n) is 4.34. The highest BCUT2D eigenvalue weighted by Gasteiger charge is 2.10. The Morgan fingerprint density at radius 3 is 2.53 bits per heavy atom. The van der Waals surface area contributed by atoms with Crippen LogP contribution in [0.1, 0.15) is 16.2 Å². The van der Waals surface area contributed by atoms with Crippen molar-refractivity contribution in [2.75, 3.05) is 0 Å². The van der Waals surface area contributed by atoms with Crippen LogP contribution < -0.4 is 0 Å². The van der Waals surface area contributed by atoms with Crippen LogP contribution in [0, 0.1) is 0 Å². The van der Waals surface area contributed by atoms with Crippen molar-refractivity contribution in [3.63, 3.8) is 0 Å². The molecule has 0 unspecified atom stereocenters. The average Bonchev–Trinajstić information content (AvgIpc) is 2.29. The molecule has 3 nitrogen and oxygen atoms in total. The first-order valence-corrected chi connectivity index (χ1v) is 5.14. The monoisotopic (exact) mass is 262 g/mol. The van der Waals surface area contributed by atoms with Gasteiger partial charge in [-0.25, -0.2) is 0 Å². The molecule has 74 valence electrons. The van der Waals surface area contributed by atoms with E-state index in [9.17, 15) is 4.79 Å². The van der Waals surface area contributed by atoms with Crippen LogP contribution >= 0.6 is 15.9 Å². The third-order valence-corrected chi connectivity index (χ3v) is 2.35. The maximum absolute atomic E-state index is 11.9. The van der Waals surface area contributed by atoms with Crippen LogP contribution in [-0.4, -0.2) is 15.8 Å². The molecule has 0 aromatic carbocycles. The van der Waals surface area contributed by atoms with E-state index >= 15 is 0 Å². The molecule has 0 aliphatic heterocycles. The van der Waals surface area contributed by atoms with Gasteiger partial charge in [0.25, 0.3) is 0 Å². The highest BCUT2D eigenvalue weighted by molar-refractivity contribution is 9.10. The Labute approximate surface area is 95.3 Å². The smallest absolute Gasteiger partial charge is 0.229 e. The van der Waals surface area contributed by atoms with E-state index in [0.717, 1.165) is 4.47 Å². The molecule has 4 heteroatoms. The van der Waals surface area contributed by atoms with Crippen molar-refractivity contribution < 1.29 is 4.79 Å². The van der Waals surface area contributed by atoms with E-state index in [1.54, 1.807) is 42.7 Å². The predicted molar refractivity (Wildman–Crippen MR) is 59.6 cm³/mol. The number of carbonyl (C=O) groups is 1. The molecule has 0 fully saturated rings. The number of rotatable bonds is 2. The van der Waals surface area contributed by atoms with E-state index < -0.39 is 0 Å². The Morgan fingerprint density at radius 1 is 1.07 bits per heavy atom. The summed E-state index contributed by atoms with van der Waals surface area (Å²) in [5.41, 5.74) is 0.797. The zero-order valence-electron chi connectivity index (χ0n) is 7.72. The van der Waals surface area contributed by atoms with Crippen LogP contribution in [0.15, 0.2) is 47.2 Å². The molecule has 2 rings (SSSR count). The number of carbonyl (C=O) groups excluding carboxylic acids is 1. The first-order chi connectivity index (χ1) is 7.27. The molecule has 0 bridgehead atoms. The fourth-order valence-electron chi connectivity index (χ4n) is 1.16. The lowest BCUT2D eigenvalue weighted by atomic mass is 10.2. The molecule has 0 saturated carbocycles. The molecule has 0 saturated heterocycles. The minimum atomic E-state index is -0.170. The third kappa shape index (κ3) is 2.27. The summed E-state index contributed by atoms with van der Waals surface area (Å²) in [7, 11) is 0. The van der Waals surface area contributed by atoms with Gasteiger partial charge in [-0.15, -0.1) is 0 Å². The fourth-order valence-corrected chi connectivity index (χ4v) is 1.49. The van der Waals surface area contributed by atoms with Crippen molar-refractivity contribution in [2.45, 2.75) is 0 Å². The maximum Gasteiger partial charge on any atom is 0.229 e. The van der Waals surface area contributed by atoms with Crippen LogP contribution in [0.3, 0.4) is 0 Å². The summed E-state index contributed by atoms with van der Waals surface area (Å²) in [5.74, 6) is -0.170. The predicted octanol–water partition coefficient (Wildman–Crippen LogP) is 2.47. The lowest BCUT2D eigenvalue weighted by Gasteiger charge is -1.99. The van der Waals surface area contributed by atoms with Gasteiger partial charge in [-0.05, 0) is 24.3 Å². The Kier molecular flexibility index (Phi) is 2.87. The van der Waals surface area contributed by atoms with Crippen molar-refractivity contribution >= 4 is 21.7 Å². The van der Waals surface area contributed by atoms with Gasteiger partial charge in [0, 0.05) is 16.9 Å². The summed E-state index contributed by atoms with van der Waals surface area (Å²) in [6.45, 7) is 0. The maximum atomic E-state index is 11.9. The molecule has 0 N–H and O–H groups in total. The van der Waals surface area contributed by atoms with Gasteiger partial charge in [-0.3, -0.25) is 14.8 Å². The van der Waals surface area contributed by atoms with E-state index in [2.05, 4.69) is 25.9 Å². The summed E-state index contributed by atoms with van der Waals surface area (Å²) < 4.78 is 0.830. The van der Waals surface area contributed by atoms with E-state index in [1.165, 1.54) is 0 Å². The number of aromatic nitrogens is 2. The molecule has 0 radical (unpaired) electrons. The standard InChI is InChI=1S/C11H7BrN2O/c12-8-4-6-14-10(7-8)11(15)9-3-1-2-5-13-9/h1-7H. The Morgan fingerprint density at radius 2 is 1.87 bits per heavy atom. The van der Waals surface area contributed by atoms with Gasteiger partial charge in [0.15, 0.2) is 0 Å². The van der Waals surface area contributed by atoms with Crippen LogP contribution in [0.5, 0.6) is 0 Å². The Hall–Kier alpha value is -1.55. The zero-order chi connectivity index (χ0) is 10.7. The topological polar surface area (TPSA) is 42.9 Å². The summed E-state index contributed by atoms with van der Waals surface area (Å²) in [6.07, 6.45) is 3.17.